The van der Waals surface area contributed by atoms with Gasteiger partial charge in [-0.25, -0.2) is 0 Å². The summed E-state index contributed by atoms with van der Waals surface area (Å²) in [6.45, 7) is 2.03. The first-order valence-electron chi connectivity index (χ1n) is 9.28. The fraction of sp³-hybridized carbons (Fsp3) is 0.0417. The highest BCUT2D eigenvalue weighted by molar-refractivity contribution is 7.80. The minimum atomic E-state index is -0.519. The van der Waals surface area contributed by atoms with Gasteiger partial charge in [0.1, 0.15) is 5.57 Å². The van der Waals surface area contributed by atoms with Gasteiger partial charge >= 0.3 is 0 Å². The van der Waals surface area contributed by atoms with Crippen LogP contribution in [-0.4, -0.2) is 16.9 Å². The minimum absolute atomic E-state index is 0.0135. The van der Waals surface area contributed by atoms with E-state index in [2.05, 4.69) is 5.32 Å². The first-order chi connectivity index (χ1) is 14.5. The van der Waals surface area contributed by atoms with Gasteiger partial charge in [0.25, 0.3) is 11.8 Å². The van der Waals surface area contributed by atoms with Crippen LogP contribution in [0.3, 0.4) is 0 Å². The molecule has 0 saturated carbocycles. The molecule has 30 heavy (non-hydrogen) atoms. The first-order valence-corrected chi connectivity index (χ1v) is 10.1. The number of hydrogen-bond donors (Lipinski definition) is 1. The third kappa shape index (κ3) is 3.77. The number of carbonyl (C=O) groups excluding carboxylic acids is 2. The van der Waals surface area contributed by atoms with Gasteiger partial charge in [-0.1, -0.05) is 60.1 Å². The second-order valence-corrected chi connectivity index (χ2v) is 7.66. The van der Waals surface area contributed by atoms with Gasteiger partial charge in [-0.05, 0) is 71.7 Å². The van der Waals surface area contributed by atoms with Crippen molar-refractivity contribution in [1.29, 1.82) is 0 Å². The van der Waals surface area contributed by atoms with Crippen LogP contribution < -0.4 is 10.2 Å². The smallest absolute Gasteiger partial charge is 0.270 e. The van der Waals surface area contributed by atoms with Crippen molar-refractivity contribution < 1.29 is 9.59 Å². The average Bonchev–Trinajstić information content (AvgIpc) is 2.73. The lowest BCUT2D eigenvalue weighted by Crippen LogP contribution is -2.54. The maximum Gasteiger partial charge on any atom is 0.270 e. The highest BCUT2D eigenvalue weighted by atomic mass is 35.5. The fourth-order valence-electron chi connectivity index (χ4n) is 3.38. The molecule has 3 aromatic rings. The Labute approximate surface area is 184 Å². The molecule has 148 valence electrons. The molecule has 6 heteroatoms. The number of carbonyl (C=O) groups is 2. The summed E-state index contributed by atoms with van der Waals surface area (Å²) in [6.07, 6.45) is 1.62. The third-order valence-corrected chi connectivity index (χ3v) is 5.42. The second-order valence-electron chi connectivity index (χ2n) is 6.84. The van der Waals surface area contributed by atoms with Crippen molar-refractivity contribution in [1.82, 2.24) is 5.32 Å². The maximum atomic E-state index is 13.2. The molecule has 3 aromatic carbocycles. The van der Waals surface area contributed by atoms with Crippen molar-refractivity contribution in [2.24, 2.45) is 0 Å². The van der Waals surface area contributed by atoms with Gasteiger partial charge in [0, 0.05) is 5.02 Å². The molecule has 0 unspecified atom stereocenters. The summed E-state index contributed by atoms with van der Waals surface area (Å²) >= 11 is 11.2. The quantitative estimate of drug-likeness (QED) is 0.354. The zero-order valence-electron chi connectivity index (χ0n) is 16.1. The van der Waals surface area contributed by atoms with Gasteiger partial charge in [-0.2, -0.15) is 0 Å². The number of amides is 2. The summed E-state index contributed by atoms with van der Waals surface area (Å²) in [6, 6.07) is 22.3. The molecule has 0 aromatic heterocycles. The van der Waals surface area contributed by atoms with Crippen molar-refractivity contribution in [2.45, 2.75) is 6.92 Å². The van der Waals surface area contributed by atoms with Gasteiger partial charge in [0.05, 0.1) is 5.69 Å². The lowest BCUT2D eigenvalue weighted by atomic mass is 9.94. The SMILES string of the molecule is Cc1ccccc1-c1ccccc1C=C1C(=O)NC(=S)N(c2ccc(Cl)cc2)C1=O. The van der Waals surface area contributed by atoms with E-state index < -0.39 is 11.8 Å². The molecule has 0 radical (unpaired) electrons. The van der Waals surface area contributed by atoms with E-state index in [9.17, 15) is 9.59 Å². The Hall–Kier alpha value is -3.28. The third-order valence-electron chi connectivity index (χ3n) is 4.88. The predicted molar refractivity (Wildman–Crippen MR) is 124 cm³/mol. The van der Waals surface area contributed by atoms with Crippen molar-refractivity contribution in [2.75, 3.05) is 4.90 Å². The van der Waals surface area contributed by atoms with E-state index >= 15 is 0 Å². The predicted octanol–water partition coefficient (Wildman–Crippen LogP) is 5.15. The largest absolute Gasteiger partial charge is 0.298 e. The molecule has 1 aliphatic rings. The number of benzene rings is 3. The molecule has 1 aliphatic heterocycles. The molecule has 0 bridgehead atoms. The van der Waals surface area contributed by atoms with Gasteiger partial charge in [0.2, 0.25) is 0 Å². The molecule has 0 spiro atoms. The average molecular weight is 433 g/mol. The Balaban J connectivity index is 1.79. The minimum Gasteiger partial charge on any atom is -0.298 e. The van der Waals surface area contributed by atoms with Gasteiger partial charge in [-0.3, -0.25) is 19.8 Å². The van der Waals surface area contributed by atoms with Crippen molar-refractivity contribution >= 4 is 52.5 Å². The van der Waals surface area contributed by atoms with E-state index in [1.54, 1.807) is 30.3 Å². The van der Waals surface area contributed by atoms with Crippen molar-refractivity contribution in [3.63, 3.8) is 0 Å². The van der Waals surface area contributed by atoms with Crippen LogP contribution in [0.4, 0.5) is 5.69 Å². The van der Waals surface area contributed by atoms with Gasteiger partial charge in [0.15, 0.2) is 5.11 Å². The first kappa shape index (κ1) is 20.0. The molecular weight excluding hydrogens is 416 g/mol. The summed E-state index contributed by atoms with van der Waals surface area (Å²) in [5.74, 6) is -1.000. The Morgan fingerprint density at radius 1 is 0.900 bits per heavy atom. The monoisotopic (exact) mass is 432 g/mol. The van der Waals surface area contributed by atoms with Crippen LogP contribution in [0.15, 0.2) is 78.4 Å². The van der Waals surface area contributed by atoms with Gasteiger partial charge < -0.3 is 0 Å². The Kier molecular flexibility index (Phi) is 5.48. The number of thiocarbonyl (C=S) groups is 1. The molecule has 4 nitrogen and oxygen atoms in total. The normalized spacial score (nSPS) is 15.5. The van der Waals surface area contributed by atoms with Crippen LogP contribution in [0.1, 0.15) is 11.1 Å². The van der Waals surface area contributed by atoms with Gasteiger partial charge in [-0.15, -0.1) is 0 Å². The van der Waals surface area contributed by atoms with E-state index in [1.165, 1.54) is 4.90 Å². The number of nitrogens with zero attached hydrogens (tertiary/aromatic N) is 1. The van der Waals surface area contributed by atoms with Crippen molar-refractivity contribution in [3.05, 3.63) is 94.5 Å². The Bertz CT molecular complexity index is 1200. The highest BCUT2D eigenvalue weighted by Gasteiger charge is 2.34. The highest BCUT2D eigenvalue weighted by Crippen LogP contribution is 2.30. The summed E-state index contributed by atoms with van der Waals surface area (Å²) in [4.78, 5) is 27.2. The van der Waals surface area contributed by atoms with Crippen molar-refractivity contribution in [3.8, 4) is 11.1 Å². The van der Waals surface area contributed by atoms with E-state index in [1.807, 2.05) is 55.5 Å². The molecule has 0 atom stereocenters. The standard InChI is InChI=1S/C24H17ClN2O2S/c1-15-6-2-4-8-19(15)20-9-5-3-7-16(20)14-21-22(28)26-24(30)27(23(21)29)18-12-10-17(25)11-13-18/h2-14H,1H3,(H,26,28,30). The Morgan fingerprint density at radius 2 is 1.53 bits per heavy atom. The van der Waals surface area contributed by atoms with E-state index in [-0.39, 0.29) is 10.7 Å². The molecule has 0 aliphatic carbocycles. The van der Waals surface area contributed by atoms with E-state index in [0.29, 0.717) is 10.7 Å². The summed E-state index contributed by atoms with van der Waals surface area (Å²) in [7, 11) is 0. The second kappa shape index (κ2) is 8.22. The van der Waals surface area contributed by atoms with Crippen LogP contribution >= 0.6 is 23.8 Å². The number of aryl methyl sites for hydroxylation is 1. The number of anilines is 1. The molecular formula is C24H17ClN2O2S. The molecule has 4 rings (SSSR count). The van der Waals surface area contributed by atoms with E-state index in [0.717, 1.165) is 22.3 Å². The van der Waals surface area contributed by atoms with Crippen LogP contribution in [0.2, 0.25) is 5.02 Å². The topological polar surface area (TPSA) is 49.4 Å². The van der Waals surface area contributed by atoms with Crippen LogP contribution in [-0.2, 0) is 9.59 Å². The van der Waals surface area contributed by atoms with Crippen LogP contribution in [0, 0.1) is 6.92 Å². The maximum absolute atomic E-state index is 13.2. The number of hydrogen-bond acceptors (Lipinski definition) is 3. The summed E-state index contributed by atoms with van der Waals surface area (Å²) in [5, 5.41) is 3.19. The molecule has 1 heterocycles. The zero-order valence-corrected chi connectivity index (χ0v) is 17.6. The lowest BCUT2D eigenvalue weighted by Gasteiger charge is -2.29. The number of nitrogens with one attached hydrogen (secondary N) is 1. The van der Waals surface area contributed by atoms with E-state index in [4.69, 9.17) is 23.8 Å². The molecule has 1 saturated heterocycles. The summed E-state index contributed by atoms with van der Waals surface area (Å²) < 4.78 is 0. The lowest BCUT2D eigenvalue weighted by molar-refractivity contribution is -0.122. The molecule has 1 N–H and O–H groups in total. The van der Waals surface area contributed by atoms with Crippen LogP contribution in [0.25, 0.3) is 17.2 Å². The fourth-order valence-corrected chi connectivity index (χ4v) is 3.79. The molecule has 1 fully saturated rings. The molecule has 2 amide bonds. The van der Waals surface area contributed by atoms with Crippen LogP contribution in [0.5, 0.6) is 0 Å². The summed E-state index contributed by atoms with van der Waals surface area (Å²) in [5.41, 5.74) is 4.40. The number of rotatable bonds is 3. The number of halogens is 1. The zero-order chi connectivity index (χ0) is 21.3. The Morgan fingerprint density at radius 3 is 2.23 bits per heavy atom.